The van der Waals surface area contributed by atoms with E-state index in [1.165, 1.54) is 0 Å². The van der Waals surface area contributed by atoms with Gasteiger partial charge in [-0.2, -0.15) is 0 Å². The third kappa shape index (κ3) is 2.38. The third-order valence-corrected chi connectivity index (χ3v) is 1.86. The predicted octanol–water partition coefficient (Wildman–Crippen LogP) is -1.55. The second kappa shape index (κ2) is 4.99. The Morgan fingerprint density at radius 3 is 2.67 bits per heavy atom. The highest BCUT2D eigenvalue weighted by atomic mass is 35.5. The maximum absolute atomic E-state index is 3.79. The molecule has 0 N–H and O–H groups in total. The zero-order valence-corrected chi connectivity index (χ0v) is 8.33. The molecule has 0 spiro atoms. The van der Waals surface area contributed by atoms with E-state index in [0.717, 1.165) is 6.42 Å². The minimum absolute atomic E-state index is 0. The Hall–Kier alpha value is -0.760. The van der Waals surface area contributed by atoms with Crippen molar-refractivity contribution in [2.45, 2.75) is 19.4 Å². The smallest absolute Gasteiger partial charge is 0.244 e. The summed E-state index contributed by atoms with van der Waals surface area (Å²) in [5, 5.41) is 0. The number of imidazole rings is 1. The van der Waals surface area contributed by atoms with Gasteiger partial charge in [0.1, 0.15) is 18.4 Å². The van der Waals surface area contributed by atoms with Gasteiger partial charge in [0.25, 0.3) is 0 Å². The van der Waals surface area contributed by atoms with E-state index in [0.29, 0.717) is 6.04 Å². The van der Waals surface area contributed by atoms with E-state index in [9.17, 15) is 0 Å². The molecule has 12 heavy (non-hydrogen) atoms. The van der Waals surface area contributed by atoms with Gasteiger partial charge in [-0.25, -0.2) is 9.13 Å². The number of aromatic nitrogens is 2. The van der Waals surface area contributed by atoms with Crippen LogP contribution in [-0.4, -0.2) is 4.57 Å². The fourth-order valence-electron chi connectivity index (χ4n) is 1.16. The normalized spacial score (nSPS) is 11.8. The third-order valence-electron chi connectivity index (χ3n) is 1.86. The summed E-state index contributed by atoms with van der Waals surface area (Å²) in [6, 6.07) is 0.441. The number of aryl methyl sites for hydroxylation is 1. The number of halogens is 1. The number of hydrogen-bond acceptors (Lipinski definition) is 0. The Labute approximate surface area is 79.9 Å². The summed E-state index contributed by atoms with van der Waals surface area (Å²) in [5.74, 6) is 0. The Morgan fingerprint density at radius 1 is 1.67 bits per heavy atom. The average Bonchev–Trinajstić information content (AvgIpc) is 2.39. The Morgan fingerprint density at radius 2 is 2.33 bits per heavy atom. The average molecular weight is 187 g/mol. The highest BCUT2D eigenvalue weighted by Gasteiger charge is 2.08. The largest absolute Gasteiger partial charge is 1.00 e. The van der Waals surface area contributed by atoms with Crippen molar-refractivity contribution in [1.82, 2.24) is 4.57 Å². The van der Waals surface area contributed by atoms with Crippen LogP contribution in [0.2, 0.25) is 0 Å². The van der Waals surface area contributed by atoms with Gasteiger partial charge in [-0.3, -0.25) is 0 Å². The highest BCUT2D eigenvalue weighted by Crippen LogP contribution is 2.09. The van der Waals surface area contributed by atoms with Crippen LogP contribution in [-0.2, 0) is 7.05 Å². The molecule has 1 rings (SSSR count). The first kappa shape index (κ1) is 11.2. The second-order valence-corrected chi connectivity index (χ2v) is 2.74. The molecular formula is C9H15ClN2. The first-order chi connectivity index (χ1) is 5.27. The van der Waals surface area contributed by atoms with Gasteiger partial charge in [-0.05, 0) is 12.5 Å². The summed E-state index contributed by atoms with van der Waals surface area (Å²) in [5.41, 5.74) is 0. The molecule has 1 atom stereocenters. The van der Waals surface area contributed by atoms with Gasteiger partial charge in [-0.1, -0.05) is 13.5 Å². The maximum Gasteiger partial charge on any atom is 0.244 e. The van der Waals surface area contributed by atoms with Crippen molar-refractivity contribution >= 4 is 0 Å². The Kier molecular flexibility index (Phi) is 4.67. The molecule has 3 heteroatoms. The summed E-state index contributed by atoms with van der Waals surface area (Å²) in [4.78, 5) is 0. The van der Waals surface area contributed by atoms with Gasteiger partial charge >= 0.3 is 0 Å². The SMILES string of the molecule is C=CC(CC)n1cc[n+](C)c1.[Cl-]. The first-order valence-corrected chi connectivity index (χ1v) is 3.93. The molecule has 0 radical (unpaired) electrons. The molecule has 0 aliphatic heterocycles. The molecule has 0 aliphatic carbocycles. The highest BCUT2D eigenvalue weighted by molar-refractivity contribution is 4.86. The van der Waals surface area contributed by atoms with Crippen LogP contribution < -0.4 is 17.0 Å². The lowest BCUT2D eigenvalue weighted by atomic mass is 10.2. The summed E-state index contributed by atoms with van der Waals surface area (Å²) < 4.78 is 4.19. The molecule has 1 aromatic rings. The molecule has 0 saturated carbocycles. The zero-order chi connectivity index (χ0) is 8.27. The van der Waals surface area contributed by atoms with Crippen molar-refractivity contribution in [1.29, 1.82) is 0 Å². The van der Waals surface area contributed by atoms with Crippen molar-refractivity contribution < 1.29 is 17.0 Å². The topological polar surface area (TPSA) is 8.81 Å². The Balaban J connectivity index is 0.00000121. The Bertz CT molecular complexity index is 242. The molecule has 0 bridgehead atoms. The fourth-order valence-corrected chi connectivity index (χ4v) is 1.16. The van der Waals surface area contributed by atoms with Gasteiger partial charge in [0.2, 0.25) is 6.33 Å². The number of allylic oxidation sites excluding steroid dienone is 1. The molecule has 0 fully saturated rings. The predicted molar refractivity (Wildman–Crippen MR) is 45.1 cm³/mol. The van der Waals surface area contributed by atoms with Gasteiger partial charge in [0, 0.05) is 0 Å². The van der Waals surface area contributed by atoms with Crippen LogP contribution in [0.15, 0.2) is 31.4 Å². The zero-order valence-electron chi connectivity index (χ0n) is 7.57. The molecule has 2 nitrogen and oxygen atoms in total. The van der Waals surface area contributed by atoms with Crippen LogP contribution in [0.3, 0.4) is 0 Å². The van der Waals surface area contributed by atoms with Gasteiger partial charge < -0.3 is 12.4 Å². The lowest BCUT2D eigenvalue weighted by Gasteiger charge is -2.03. The molecule has 1 heterocycles. The van der Waals surface area contributed by atoms with Crippen molar-refractivity contribution in [2.24, 2.45) is 7.05 Å². The second-order valence-electron chi connectivity index (χ2n) is 2.74. The van der Waals surface area contributed by atoms with E-state index in [4.69, 9.17) is 0 Å². The van der Waals surface area contributed by atoms with E-state index >= 15 is 0 Å². The molecular weight excluding hydrogens is 172 g/mol. The lowest BCUT2D eigenvalue weighted by Crippen LogP contribution is -3.00. The summed E-state index contributed by atoms with van der Waals surface area (Å²) in [6.07, 6.45) is 9.23. The standard InChI is InChI=1S/C9H15N2.ClH/c1-4-9(5-2)11-7-6-10(3)8-11;/h4,6-9H,1,5H2,2-3H3;1H/q+1;/p-1. The van der Waals surface area contributed by atoms with E-state index in [1.54, 1.807) is 0 Å². The lowest BCUT2D eigenvalue weighted by molar-refractivity contribution is -0.671. The molecule has 1 aromatic heterocycles. The van der Waals surface area contributed by atoms with Crippen LogP contribution in [0.5, 0.6) is 0 Å². The fraction of sp³-hybridized carbons (Fsp3) is 0.444. The van der Waals surface area contributed by atoms with Crippen LogP contribution in [0.1, 0.15) is 19.4 Å². The summed E-state index contributed by atoms with van der Waals surface area (Å²) >= 11 is 0. The van der Waals surface area contributed by atoms with Gasteiger partial charge in [-0.15, -0.1) is 0 Å². The number of rotatable bonds is 3. The van der Waals surface area contributed by atoms with Gasteiger partial charge in [0.05, 0.1) is 7.05 Å². The van der Waals surface area contributed by atoms with Crippen LogP contribution in [0, 0.1) is 0 Å². The van der Waals surface area contributed by atoms with E-state index in [1.807, 2.05) is 23.9 Å². The molecule has 0 amide bonds. The first-order valence-electron chi connectivity index (χ1n) is 3.93. The van der Waals surface area contributed by atoms with Crippen molar-refractivity contribution in [2.75, 3.05) is 0 Å². The number of nitrogens with zero attached hydrogens (tertiary/aromatic N) is 2. The van der Waals surface area contributed by atoms with Crippen LogP contribution in [0.4, 0.5) is 0 Å². The molecule has 1 unspecified atom stereocenters. The van der Waals surface area contributed by atoms with Crippen LogP contribution >= 0.6 is 0 Å². The number of hydrogen-bond donors (Lipinski definition) is 0. The quantitative estimate of drug-likeness (QED) is 0.400. The molecule has 0 saturated heterocycles. The van der Waals surface area contributed by atoms with Crippen LogP contribution in [0.25, 0.3) is 0 Å². The minimum atomic E-state index is 0. The maximum atomic E-state index is 3.79. The van der Waals surface area contributed by atoms with E-state index < -0.39 is 0 Å². The molecule has 0 aliphatic rings. The van der Waals surface area contributed by atoms with Crippen molar-refractivity contribution in [3.05, 3.63) is 31.4 Å². The van der Waals surface area contributed by atoms with Crippen molar-refractivity contribution in [3.63, 3.8) is 0 Å². The minimum Gasteiger partial charge on any atom is -1.00 e. The van der Waals surface area contributed by atoms with Crippen molar-refractivity contribution in [3.8, 4) is 0 Å². The summed E-state index contributed by atoms with van der Waals surface area (Å²) in [7, 11) is 2.02. The molecule has 0 aromatic carbocycles. The van der Waals surface area contributed by atoms with E-state index in [-0.39, 0.29) is 12.4 Å². The van der Waals surface area contributed by atoms with Gasteiger partial charge in [0.15, 0.2) is 0 Å². The summed E-state index contributed by atoms with van der Waals surface area (Å²) in [6.45, 7) is 5.95. The molecule has 68 valence electrons. The monoisotopic (exact) mass is 186 g/mol. The van der Waals surface area contributed by atoms with E-state index in [2.05, 4.69) is 30.6 Å².